The van der Waals surface area contributed by atoms with Gasteiger partial charge in [0, 0.05) is 0 Å². The minimum Gasteiger partial charge on any atom is -0.492 e. The lowest BCUT2D eigenvalue weighted by molar-refractivity contribution is -0.131. The first-order valence-corrected chi connectivity index (χ1v) is 7.69. The van der Waals surface area contributed by atoms with Crippen molar-refractivity contribution in [2.45, 2.75) is 12.5 Å². The Bertz CT molecular complexity index is 813. The number of ether oxygens (including phenoxy) is 1. The van der Waals surface area contributed by atoms with E-state index in [4.69, 9.17) is 4.74 Å². The molecule has 0 radical (unpaired) electrons. The Morgan fingerprint density at radius 2 is 1.80 bits per heavy atom. The molecule has 1 N–H and O–H groups in total. The van der Waals surface area contributed by atoms with Crippen LogP contribution in [0.4, 0.5) is 13.6 Å². The molecule has 1 aliphatic heterocycles. The molecule has 0 bridgehead atoms. The van der Waals surface area contributed by atoms with Gasteiger partial charge in [0.25, 0.3) is 5.91 Å². The maximum Gasteiger partial charge on any atom is 0.325 e. The third-order valence-corrected chi connectivity index (χ3v) is 4.10. The van der Waals surface area contributed by atoms with Crippen LogP contribution in [0.25, 0.3) is 0 Å². The van der Waals surface area contributed by atoms with Gasteiger partial charge in [-0.15, -0.1) is 0 Å². The van der Waals surface area contributed by atoms with Gasteiger partial charge in [0.1, 0.15) is 17.9 Å². The van der Waals surface area contributed by atoms with Crippen LogP contribution in [0.1, 0.15) is 12.5 Å². The average Bonchev–Trinajstić information content (AvgIpc) is 2.82. The molecule has 1 aliphatic rings. The standard InChI is InChI=1S/C18H16F2N2O3/c1-18(12-7-8-14(19)15(20)11-12)16(23)22(17(24)21-18)9-10-25-13-5-3-2-4-6-13/h2-8,11H,9-10H2,1H3,(H,21,24). The third-order valence-electron chi connectivity index (χ3n) is 4.10. The van der Waals surface area contributed by atoms with Crippen molar-refractivity contribution in [2.75, 3.05) is 13.2 Å². The molecular weight excluding hydrogens is 330 g/mol. The van der Waals surface area contributed by atoms with Gasteiger partial charge in [-0.3, -0.25) is 9.69 Å². The van der Waals surface area contributed by atoms with E-state index < -0.39 is 29.1 Å². The molecule has 0 saturated carbocycles. The molecule has 0 spiro atoms. The summed E-state index contributed by atoms with van der Waals surface area (Å²) < 4.78 is 32.1. The highest BCUT2D eigenvalue weighted by Crippen LogP contribution is 2.29. The van der Waals surface area contributed by atoms with Gasteiger partial charge in [-0.05, 0) is 36.8 Å². The monoisotopic (exact) mass is 346 g/mol. The third kappa shape index (κ3) is 3.17. The summed E-state index contributed by atoms with van der Waals surface area (Å²) in [5.74, 6) is -2.01. The fourth-order valence-electron chi connectivity index (χ4n) is 2.67. The Morgan fingerprint density at radius 1 is 1.08 bits per heavy atom. The van der Waals surface area contributed by atoms with Crippen LogP contribution >= 0.6 is 0 Å². The van der Waals surface area contributed by atoms with Crippen molar-refractivity contribution < 1.29 is 23.1 Å². The number of imide groups is 1. The quantitative estimate of drug-likeness (QED) is 0.847. The zero-order valence-electron chi connectivity index (χ0n) is 13.5. The molecule has 0 aliphatic carbocycles. The lowest BCUT2D eigenvalue weighted by atomic mass is 9.92. The summed E-state index contributed by atoms with van der Waals surface area (Å²) in [5, 5.41) is 2.53. The highest BCUT2D eigenvalue weighted by Gasteiger charge is 2.49. The van der Waals surface area contributed by atoms with Gasteiger partial charge < -0.3 is 10.1 Å². The van der Waals surface area contributed by atoms with E-state index in [-0.39, 0.29) is 18.7 Å². The molecule has 7 heteroatoms. The van der Waals surface area contributed by atoms with E-state index in [1.54, 1.807) is 12.1 Å². The van der Waals surface area contributed by atoms with E-state index >= 15 is 0 Å². The van der Waals surface area contributed by atoms with Crippen molar-refractivity contribution in [1.29, 1.82) is 0 Å². The minimum absolute atomic E-state index is 0.0405. The van der Waals surface area contributed by atoms with Crippen LogP contribution in [0.5, 0.6) is 5.75 Å². The molecule has 1 fully saturated rings. The number of halogens is 2. The summed E-state index contributed by atoms with van der Waals surface area (Å²) in [6.45, 7) is 1.62. The van der Waals surface area contributed by atoms with E-state index in [9.17, 15) is 18.4 Å². The summed E-state index contributed by atoms with van der Waals surface area (Å²) in [6, 6.07) is 11.5. The van der Waals surface area contributed by atoms with Crippen molar-refractivity contribution in [3.8, 4) is 5.75 Å². The van der Waals surface area contributed by atoms with Crippen molar-refractivity contribution in [3.05, 3.63) is 65.7 Å². The number of hydrogen-bond donors (Lipinski definition) is 1. The summed E-state index contributed by atoms with van der Waals surface area (Å²) in [5.41, 5.74) is -1.27. The Balaban J connectivity index is 1.72. The predicted octanol–water partition coefficient (Wildman–Crippen LogP) is 2.81. The fraction of sp³-hybridized carbons (Fsp3) is 0.222. The molecule has 2 aromatic carbocycles. The predicted molar refractivity (Wildman–Crippen MR) is 85.9 cm³/mol. The Hall–Kier alpha value is -2.96. The molecule has 3 rings (SSSR count). The van der Waals surface area contributed by atoms with E-state index in [0.29, 0.717) is 5.75 Å². The molecule has 0 aromatic heterocycles. The second kappa shape index (κ2) is 6.51. The zero-order valence-corrected chi connectivity index (χ0v) is 13.5. The molecule has 1 unspecified atom stereocenters. The SMILES string of the molecule is CC1(c2ccc(F)c(F)c2)NC(=O)N(CCOc2ccccc2)C1=O. The Labute approximate surface area is 143 Å². The largest absolute Gasteiger partial charge is 0.492 e. The number of carbonyl (C=O) groups excluding carboxylic acids is 2. The molecular formula is C18H16F2N2O3. The topological polar surface area (TPSA) is 58.6 Å². The van der Waals surface area contributed by atoms with E-state index in [1.165, 1.54) is 13.0 Å². The maximum absolute atomic E-state index is 13.5. The lowest BCUT2D eigenvalue weighted by Crippen LogP contribution is -2.41. The van der Waals surface area contributed by atoms with Crippen molar-refractivity contribution in [3.63, 3.8) is 0 Å². The lowest BCUT2D eigenvalue weighted by Gasteiger charge is -2.22. The highest BCUT2D eigenvalue weighted by atomic mass is 19.2. The van der Waals surface area contributed by atoms with Gasteiger partial charge >= 0.3 is 6.03 Å². The van der Waals surface area contributed by atoms with Gasteiger partial charge in [0.05, 0.1) is 6.54 Å². The van der Waals surface area contributed by atoms with Crippen LogP contribution in [-0.4, -0.2) is 30.0 Å². The number of para-hydroxylation sites is 1. The number of rotatable bonds is 5. The number of urea groups is 1. The normalized spacial score (nSPS) is 19.9. The molecule has 3 amide bonds. The number of nitrogens with zero attached hydrogens (tertiary/aromatic N) is 1. The van der Waals surface area contributed by atoms with E-state index in [1.807, 2.05) is 18.2 Å². The number of carbonyl (C=O) groups is 2. The Morgan fingerprint density at radius 3 is 2.48 bits per heavy atom. The van der Waals surface area contributed by atoms with Crippen molar-refractivity contribution >= 4 is 11.9 Å². The first-order valence-electron chi connectivity index (χ1n) is 7.69. The first kappa shape index (κ1) is 16.9. The summed E-state index contributed by atoms with van der Waals surface area (Å²) in [6.07, 6.45) is 0. The highest BCUT2D eigenvalue weighted by molar-refractivity contribution is 6.07. The van der Waals surface area contributed by atoms with Crippen molar-refractivity contribution in [1.82, 2.24) is 10.2 Å². The van der Waals surface area contributed by atoms with E-state index in [2.05, 4.69) is 5.32 Å². The fourth-order valence-corrected chi connectivity index (χ4v) is 2.67. The molecule has 2 aromatic rings. The summed E-state index contributed by atoms with van der Waals surface area (Å²) in [7, 11) is 0. The van der Waals surface area contributed by atoms with Crippen LogP contribution in [0, 0.1) is 11.6 Å². The van der Waals surface area contributed by atoms with Crippen LogP contribution < -0.4 is 10.1 Å². The molecule has 130 valence electrons. The maximum atomic E-state index is 13.5. The number of hydrogen-bond acceptors (Lipinski definition) is 3. The minimum atomic E-state index is -1.45. The summed E-state index contributed by atoms with van der Waals surface area (Å²) >= 11 is 0. The van der Waals surface area contributed by atoms with Crippen molar-refractivity contribution in [2.24, 2.45) is 0 Å². The van der Waals surface area contributed by atoms with Gasteiger partial charge in [-0.25, -0.2) is 13.6 Å². The Kier molecular flexibility index (Phi) is 4.39. The zero-order chi connectivity index (χ0) is 18.0. The summed E-state index contributed by atoms with van der Waals surface area (Å²) in [4.78, 5) is 25.8. The number of benzene rings is 2. The number of amides is 3. The molecule has 5 nitrogen and oxygen atoms in total. The van der Waals surface area contributed by atoms with Crippen LogP contribution in [-0.2, 0) is 10.3 Å². The molecule has 1 heterocycles. The average molecular weight is 346 g/mol. The van der Waals surface area contributed by atoms with Gasteiger partial charge in [-0.2, -0.15) is 0 Å². The van der Waals surface area contributed by atoms with E-state index in [0.717, 1.165) is 17.0 Å². The molecule has 25 heavy (non-hydrogen) atoms. The van der Waals surface area contributed by atoms with Crippen LogP contribution in [0.2, 0.25) is 0 Å². The van der Waals surface area contributed by atoms with Crippen LogP contribution in [0.3, 0.4) is 0 Å². The second-order valence-corrected chi connectivity index (χ2v) is 5.80. The van der Waals surface area contributed by atoms with Gasteiger partial charge in [0.15, 0.2) is 11.6 Å². The molecule has 1 atom stereocenters. The van der Waals surface area contributed by atoms with Gasteiger partial charge in [-0.1, -0.05) is 24.3 Å². The van der Waals surface area contributed by atoms with Gasteiger partial charge in [0.2, 0.25) is 0 Å². The first-order chi connectivity index (χ1) is 11.9. The molecule has 1 saturated heterocycles. The number of nitrogens with one attached hydrogen (secondary N) is 1. The smallest absolute Gasteiger partial charge is 0.325 e. The van der Waals surface area contributed by atoms with Crippen LogP contribution in [0.15, 0.2) is 48.5 Å². The second-order valence-electron chi connectivity index (χ2n) is 5.80.